The van der Waals surface area contributed by atoms with Crippen molar-refractivity contribution in [2.75, 3.05) is 0 Å². The van der Waals surface area contributed by atoms with Crippen molar-refractivity contribution >= 4 is 0 Å². The molecule has 0 spiro atoms. The molecule has 4 aliphatic carbocycles. The quantitative estimate of drug-likeness (QED) is 0.240. The Labute approximate surface area is 257 Å². The number of aryl methyl sites for hydroxylation is 1. The molecule has 4 aliphatic rings. The average Bonchev–Trinajstić information content (AvgIpc) is 3.36. The summed E-state index contributed by atoms with van der Waals surface area (Å²) in [6.45, 7) is 27.8. The molecule has 0 radical (unpaired) electrons. The van der Waals surface area contributed by atoms with E-state index in [0.717, 1.165) is 36.0 Å². The van der Waals surface area contributed by atoms with Crippen molar-refractivity contribution in [2.24, 2.45) is 46.3 Å². The van der Waals surface area contributed by atoms with Crippen LogP contribution in [0.25, 0.3) is 0 Å². The molecule has 1 aromatic carbocycles. The van der Waals surface area contributed by atoms with Gasteiger partial charge < -0.3 is 0 Å². The lowest BCUT2D eigenvalue weighted by molar-refractivity contribution is -0.0775. The Bertz CT molecular complexity index is 945. The summed E-state index contributed by atoms with van der Waals surface area (Å²) < 4.78 is 0. The van der Waals surface area contributed by atoms with Gasteiger partial charge >= 0.3 is 0 Å². The summed E-state index contributed by atoms with van der Waals surface area (Å²) in [5.74, 6) is 5.58. The minimum Gasteiger partial charge on any atom is -0.129 e. The molecule has 41 heavy (non-hydrogen) atoms. The molecule has 5 rings (SSSR count). The number of hydrogen-bond acceptors (Lipinski definition) is 0. The van der Waals surface area contributed by atoms with Crippen LogP contribution in [0.4, 0.5) is 0 Å². The molecular formula is C41H68. The van der Waals surface area contributed by atoms with Gasteiger partial charge in [0.25, 0.3) is 0 Å². The van der Waals surface area contributed by atoms with Crippen LogP contribution in [-0.4, -0.2) is 0 Å². The Morgan fingerprint density at radius 1 is 0.878 bits per heavy atom. The average molecular weight is 561 g/mol. The lowest BCUT2D eigenvalue weighted by Crippen LogP contribution is -2.49. The highest BCUT2D eigenvalue weighted by atomic mass is 14.6. The maximum atomic E-state index is 4.19. The van der Waals surface area contributed by atoms with Gasteiger partial charge in [0, 0.05) is 6.42 Å². The summed E-state index contributed by atoms with van der Waals surface area (Å²) in [7, 11) is 0. The first kappa shape index (κ1) is 35.7. The van der Waals surface area contributed by atoms with Gasteiger partial charge in [0.1, 0.15) is 0 Å². The molecule has 1 aromatic rings. The van der Waals surface area contributed by atoms with Gasteiger partial charge in [-0.3, -0.25) is 0 Å². The number of fused-ring (bicyclic) bond motifs is 5. The molecule has 232 valence electrons. The Hall–Kier alpha value is -1.52. The van der Waals surface area contributed by atoms with Crippen LogP contribution in [0.5, 0.6) is 0 Å². The van der Waals surface area contributed by atoms with Crippen molar-refractivity contribution in [3.05, 3.63) is 65.9 Å². The van der Waals surface area contributed by atoms with E-state index in [9.17, 15) is 0 Å². The molecule has 0 nitrogen and oxygen atoms in total. The maximum Gasteiger partial charge on any atom is 0.00120 e. The minimum atomic E-state index is 0.462. The van der Waals surface area contributed by atoms with E-state index in [1.807, 2.05) is 27.7 Å². The molecule has 0 bridgehead atoms. The van der Waals surface area contributed by atoms with E-state index in [4.69, 9.17) is 0 Å². The molecule has 5 unspecified atom stereocenters. The summed E-state index contributed by atoms with van der Waals surface area (Å²) in [6.07, 6.45) is 20.2. The summed E-state index contributed by atoms with van der Waals surface area (Å²) in [5, 5.41) is 0. The topological polar surface area (TPSA) is 0 Å². The third-order valence-corrected chi connectivity index (χ3v) is 11.7. The fraction of sp³-hybridized carbons (Fsp3) is 0.732. The molecule has 4 fully saturated rings. The summed E-state index contributed by atoms with van der Waals surface area (Å²) in [5.41, 5.74) is 8.77. The monoisotopic (exact) mass is 561 g/mol. The zero-order chi connectivity index (χ0) is 30.6. The predicted molar refractivity (Wildman–Crippen MR) is 184 cm³/mol. The second-order valence-corrected chi connectivity index (χ2v) is 13.8. The Balaban J connectivity index is 0.000000775. The first-order valence-electron chi connectivity index (χ1n) is 17.9. The van der Waals surface area contributed by atoms with Gasteiger partial charge in [0.15, 0.2) is 0 Å². The first-order chi connectivity index (χ1) is 19.8. The normalized spacial score (nSPS) is 34.8. The molecule has 0 saturated heterocycles. The zero-order valence-electron chi connectivity index (χ0n) is 29.0. The van der Waals surface area contributed by atoms with Crippen molar-refractivity contribution in [2.45, 2.75) is 146 Å². The highest BCUT2D eigenvalue weighted by Crippen LogP contribution is 2.66. The SMILES string of the molecule is C=C=C(Cc1ccc(C)cc1)C1CC[C@H]2C3CCC4C[C@@](CC)(CC=C)CCC4[C@H]3CCC12C.CC.CC.CCC. The van der Waals surface area contributed by atoms with E-state index in [1.54, 1.807) is 0 Å². The lowest BCUT2D eigenvalue weighted by Gasteiger charge is -2.58. The zero-order valence-corrected chi connectivity index (χ0v) is 29.0. The highest BCUT2D eigenvalue weighted by Gasteiger charge is 2.58. The summed E-state index contributed by atoms with van der Waals surface area (Å²) in [6, 6.07) is 9.13. The van der Waals surface area contributed by atoms with Gasteiger partial charge in [-0.2, -0.15) is 0 Å². The maximum absolute atomic E-state index is 4.19. The van der Waals surface area contributed by atoms with Gasteiger partial charge in [0.2, 0.25) is 0 Å². The van der Waals surface area contributed by atoms with Crippen molar-refractivity contribution in [1.29, 1.82) is 0 Å². The number of benzene rings is 1. The van der Waals surface area contributed by atoms with Gasteiger partial charge in [-0.05, 0) is 129 Å². The minimum absolute atomic E-state index is 0.462. The molecule has 0 amide bonds. The van der Waals surface area contributed by atoms with Crippen LogP contribution in [0.1, 0.15) is 144 Å². The van der Waals surface area contributed by atoms with Crippen LogP contribution in [0.15, 0.2) is 54.8 Å². The lowest BCUT2D eigenvalue weighted by atomic mass is 9.47. The van der Waals surface area contributed by atoms with Gasteiger partial charge in [0.05, 0.1) is 0 Å². The summed E-state index contributed by atoms with van der Waals surface area (Å²) in [4.78, 5) is 0. The van der Waals surface area contributed by atoms with Crippen molar-refractivity contribution in [1.82, 2.24) is 0 Å². The largest absolute Gasteiger partial charge is 0.129 e. The molecule has 0 heteroatoms. The fourth-order valence-corrected chi connectivity index (χ4v) is 9.83. The Kier molecular flexibility index (Phi) is 14.7. The van der Waals surface area contributed by atoms with E-state index in [2.05, 4.69) is 83.8 Å². The Morgan fingerprint density at radius 3 is 2.10 bits per heavy atom. The van der Waals surface area contributed by atoms with Crippen LogP contribution in [0, 0.1) is 53.3 Å². The van der Waals surface area contributed by atoms with Crippen LogP contribution in [0.2, 0.25) is 0 Å². The standard InChI is InChI=1S/C34H48.C3H8.2C2H6/c1-6-19-34(8-3)21-18-28-27(23-34)13-14-30-29(28)17-20-33(5)31(15-16-32(30)33)26(7-2)22-25-11-9-24(4)10-12-25;1-3-2;2*1-2/h6,9-12,27-32H,1-2,8,13-23H2,3-5H3;3H2,1-2H3;2*1-2H3/t27?,28?,29-,30?,31?,32+,33?,34+;;;/m1.../s1. The van der Waals surface area contributed by atoms with Crippen LogP contribution < -0.4 is 0 Å². The van der Waals surface area contributed by atoms with E-state index in [0.29, 0.717) is 16.7 Å². The van der Waals surface area contributed by atoms with E-state index in [-0.39, 0.29) is 0 Å². The predicted octanol–water partition coefficient (Wildman–Crippen LogP) is 13.0. The number of hydrogen-bond donors (Lipinski definition) is 0. The molecule has 0 N–H and O–H groups in total. The smallest absolute Gasteiger partial charge is 0.00120 e. The van der Waals surface area contributed by atoms with Gasteiger partial charge in [-0.1, -0.05) is 111 Å². The number of allylic oxidation sites excluding steroid dienone is 2. The summed E-state index contributed by atoms with van der Waals surface area (Å²) >= 11 is 0. The molecular weight excluding hydrogens is 492 g/mol. The third-order valence-electron chi connectivity index (χ3n) is 11.7. The third kappa shape index (κ3) is 7.91. The second kappa shape index (κ2) is 16.9. The molecule has 0 aromatic heterocycles. The van der Waals surface area contributed by atoms with Crippen molar-refractivity contribution in [3.63, 3.8) is 0 Å². The van der Waals surface area contributed by atoms with Crippen LogP contribution in [-0.2, 0) is 6.42 Å². The van der Waals surface area contributed by atoms with Crippen LogP contribution >= 0.6 is 0 Å². The van der Waals surface area contributed by atoms with Gasteiger partial charge in [-0.25, -0.2) is 0 Å². The highest BCUT2D eigenvalue weighted by molar-refractivity contribution is 5.28. The molecule has 8 atom stereocenters. The van der Waals surface area contributed by atoms with Crippen molar-refractivity contribution in [3.8, 4) is 0 Å². The molecule has 0 heterocycles. The van der Waals surface area contributed by atoms with E-state index in [1.165, 1.54) is 93.7 Å². The first-order valence-corrected chi connectivity index (χ1v) is 17.9. The van der Waals surface area contributed by atoms with Crippen LogP contribution in [0.3, 0.4) is 0 Å². The fourth-order valence-electron chi connectivity index (χ4n) is 9.83. The van der Waals surface area contributed by atoms with E-state index < -0.39 is 0 Å². The molecule has 4 saturated carbocycles. The number of rotatable bonds is 6. The second-order valence-electron chi connectivity index (χ2n) is 13.8. The van der Waals surface area contributed by atoms with Gasteiger partial charge in [-0.15, -0.1) is 12.3 Å². The van der Waals surface area contributed by atoms with E-state index >= 15 is 0 Å². The Morgan fingerprint density at radius 2 is 1.51 bits per heavy atom. The van der Waals surface area contributed by atoms with Crippen molar-refractivity contribution < 1.29 is 0 Å². The molecule has 0 aliphatic heterocycles.